The van der Waals surface area contributed by atoms with Crippen LogP contribution < -0.4 is 0 Å². The fraction of sp³-hybridized carbons (Fsp3) is 0.976. The van der Waals surface area contributed by atoms with E-state index in [-0.39, 0.29) is 47.7 Å². The summed E-state index contributed by atoms with van der Waals surface area (Å²) in [6.07, 6.45) is 5.13. The lowest BCUT2D eigenvalue weighted by Crippen LogP contribution is -2.72. The molecule has 10 fully saturated rings. The zero-order valence-corrected chi connectivity index (χ0v) is 33.9. The van der Waals surface area contributed by atoms with Gasteiger partial charge >= 0.3 is 6.09 Å². The van der Waals surface area contributed by atoms with E-state index in [0.29, 0.717) is 18.3 Å². The lowest BCUT2D eigenvalue weighted by atomic mass is 9.56. The Balaban J connectivity index is 1.15. The Hall–Kier alpha value is -1.05. The quantitative estimate of drug-likeness (QED) is 0.262. The number of fused-ring (bicyclic) bond motifs is 4. The van der Waals surface area contributed by atoms with E-state index in [1.165, 1.54) is 0 Å². The fourth-order valence-electron chi connectivity index (χ4n) is 12.8. The van der Waals surface area contributed by atoms with Gasteiger partial charge in [-0.3, -0.25) is 4.90 Å². The van der Waals surface area contributed by atoms with Crippen LogP contribution in [0, 0.1) is 47.3 Å². The molecule has 296 valence electrons. The molecule has 2 aliphatic carbocycles. The summed E-state index contributed by atoms with van der Waals surface area (Å²) in [5, 5.41) is 0. The number of carbonyl (C=O) groups excluding carboxylic acids is 1. The van der Waals surface area contributed by atoms with Crippen molar-refractivity contribution < 1.29 is 48.0 Å². The summed E-state index contributed by atoms with van der Waals surface area (Å²) in [4.78, 5) is 41.6. The molecule has 8 aliphatic heterocycles. The summed E-state index contributed by atoms with van der Waals surface area (Å²) in [5.74, 6) is 0.0189. The maximum absolute atomic E-state index is 14.6. The SMILES string of the molecule is C[C@H]1[C@@H](C[C@H](OC(=O)N(C(C)(C)C)C(C)(C)C)C2O[C@@H]3O[C@@]4(C)CC[C@H]5[C@H](C)CC[C@@H]([C@H]2C)[C@@]35OO4)O[C@@H]2O[C@@]3(C)CC[C@H]4[C@H](C)CC[C@@H]1[C@@]24OO3. The Morgan fingerprint density at radius 2 is 1.15 bits per heavy atom. The number of amides is 1. The van der Waals surface area contributed by atoms with Gasteiger partial charge in [-0.2, -0.15) is 0 Å². The Morgan fingerprint density at radius 3 is 1.65 bits per heavy atom. The molecule has 11 heteroatoms. The van der Waals surface area contributed by atoms with E-state index in [9.17, 15) is 4.79 Å². The van der Waals surface area contributed by atoms with E-state index < -0.39 is 58.6 Å². The molecule has 17 atom stereocenters. The maximum Gasteiger partial charge on any atom is 0.411 e. The third-order valence-corrected chi connectivity index (χ3v) is 15.1. The maximum atomic E-state index is 14.6. The fourth-order valence-corrected chi connectivity index (χ4v) is 12.8. The average Bonchev–Trinajstić information content (AvgIpc) is 3.41. The molecule has 10 rings (SSSR count). The van der Waals surface area contributed by atoms with Crippen molar-refractivity contribution in [3.8, 4) is 0 Å². The Bertz CT molecular complexity index is 1370. The van der Waals surface area contributed by atoms with Gasteiger partial charge in [-0.05, 0) is 129 Å². The second-order valence-corrected chi connectivity index (χ2v) is 20.6. The summed E-state index contributed by atoms with van der Waals surface area (Å²) in [7, 11) is 0. The molecule has 4 bridgehead atoms. The smallest absolute Gasteiger partial charge is 0.411 e. The van der Waals surface area contributed by atoms with E-state index in [4.69, 9.17) is 43.2 Å². The number of hydrogen-bond donors (Lipinski definition) is 0. The third kappa shape index (κ3) is 5.66. The summed E-state index contributed by atoms with van der Waals surface area (Å²) in [5.41, 5.74) is -2.34. The molecule has 0 aromatic rings. The number of rotatable bonds is 4. The van der Waals surface area contributed by atoms with Crippen LogP contribution in [0.15, 0.2) is 0 Å². The van der Waals surface area contributed by atoms with Crippen molar-refractivity contribution in [1.29, 1.82) is 0 Å². The second-order valence-electron chi connectivity index (χ2n) is 20.6. The predicted molar refractivity (Wildman–Crippen MR) is 190 cm³/mol. The molecule has 2 spiro atoms. The topological polar surface area (TPSA) is 103 Å². The van der Waals surface area contributed by atoms with Crippen molar-refractivity contribution >= 4 is 6.09 Å². The van der Waals surface area contributed by atoms with E-state index in [2.05, 4.69) is 69.2 Å². The van der Waals surface area contributed by atoms with E-state index in [0.717, 1.165) is 51.4 Å². The lowest BCUT2D eigenvalue weighted by Gasteiger charge is -2.62. The summed E-state index contributed by atoms with van der Waals surface area (Å²) in [6.45, 7) is 25.4. The molecule has 0 aromatic carbocycles. The lowest BCUT2D eigenvalue weighted by molar-refractivity contribution is -0.573. The van der Waals surface area contributed by atoms with Gasteiger partial charge in [0, 0.05) is 42.2 Å². The molecule has 52 heavy (non-hydrogen) atoms. The highest BCUT2D eigenvalue weighted by atomic mass is 17.3. The first-order valence-electron chi connectivity index (χ1n) is 20.6. The largest absolute Gasteiger partial charge is 0.443 e. The van der Waals surface area contributed by atoms with Crippen LogP contribution >= 0.6 is 0 Å². The molecule has 8 saturated heterocycles. The monoisotopic (exact) mass is 733 g/mol. The van der Waals surface area contributed by atoms with Gasteiger partial charge < -0.3 is 23.7 Å². The molecule has 1 amide bonds. The number of nitrogens with zero attached hydrogens (tertiary/aromatic N) is 1. The van der Waals surface area contributed by atoms with Gasteiger partial charge in [0.15, 0.2) is 23.8 Å². The first-order chi connectivity index (χ1) is 24.2. The van der Waals surface area contributed by atoms with Crippen LogP contribution in [0.25, 0.3) is 0 Å². The highest BCUT2D eigenvalue weighted by molar-refractivity contribution is 5.70. The second kappa shape index (κ2) is 12.5. The minimum Gasteiger partial charge on any atom is -0.443 e. The molecule has 10 aliphatic rings. The van der Waals surface area contributed by atoms with Crippen molar-refractivity contribution in [3.05, 3.63) is 0 Å². The predicted octanol–water partition coefficient (Wildman–Crippen LogP) is 8.28. The van der Waals surface area contributed by atoms with Crippen LogP contribution in [-0.4, -0.2) is 75.7 Å². The van der Waals surface area contributed by atoms with Crippen molar-refractivity contribution in [1.82, 2.24) is 4.90 Å². The Morgan fingerprint density at radius 1 is 0.673 bits per heavy atom. The Kier molecular flexibility index (Phi) is 9.08. The third-order valence-electron chi connectivity index (χ3n) is 15.1. The first-order valence-corrected chi connectivity index (χ1v) is 20.6. The molecule has 0 N–H and O–H groups in total. The van der Waals surface area contributed by atoms with Gasteiger partial charge in [0.2, 0.25) is 11.6 Å². The van der Waals surface area contributed by atoms with Crippen LogP contribution in [0.1, 0.15) is 141 Å². The molecule has 8 heterocycles. The number of hydrogen-bond acceptors (Lipinski definition) is 10. The minimum absolute atomic E-state index is 0.0117. The molecular weight excluding hydrogens is 666 g/mol. The first kappa shape index (κ1) is 37.9. The Labute approximate surface area is 311 Å². The summed E-state index contributed by atoms with van der Waals surface area (Å²) in [6, 6.07) is 0. The normalized spacial score (nSPS) is 51.8. The standard InChI is InChI=1S/C41H67NO10/c1-22-13-15-28-24(3)30(44-33-40(28)26(22)17-19-38(11,47-33)49-51-40)21-31(45-35(43)42(36(5,6)7)37(8,9)10)32-25(4)29-16-14-23(2)27-18-20-39(12)48-34(46-32)41(27,29)52-50-39/h22-34H,13-21H2,1-12H3/t22-,23-,24-,25-,26+,27+,28+,29+,30-,31+,32?,33-,34-,38-,39-,40-,41-/m1/s1. The van der Waals surface area contributed by atoms with Gasteiger partial charge in [-0.1, -0.05) is 27.7 Å². The number of carbonyl (C=O) groups is 1. The van der Waals surface area contributed by atoms with E-state index in [1.807, 2.05) is 18.7 Å². The van der Waals surface area contributed by atoms with Crippen LogP contribution in [0.3, 0.4) is 0 Å². The van der Waals surface area contributed by atoms with Gasteiger partial charge in [0.25, 0.3) is 0 Å². The van der Waals surface area contributed by atoms with Gasteiger partial charge in [-0.15, -0.1) is 0 Å². The van der Waals surface area contributed by atoms with Gasteiger partial charge in [0.05, 0.1) is 6.10 Å². The van der Waals surface area contributed by atoms with Crippen molar-refractivity contribution in [2.45, 2.75) is 206 Å². The molecular formula is C41H67NO10. The zero-order valence-electron chi connectivity index (χ0n) is 33.9. The highest BCUT2D eigenvalue weighted by Gasteiger charge is 2.72. The zero-order chi connectivity index (χ0) is 37.4. The van der Waals surface area contributed by atoms with Crippen LogP contribution in [0.5, 0.6) is 0 Å². The van der Waals surface area contributed by atoms with Crippen LogP contribution in [0.2, 0.25) is 0 Å². The highest BCUT2D eigenvalue weighted by Crippen LogP contribution is 2.63. The minimum atomic E-state index is -0.900. The molecule has 11 nitrogen and oxygen atoms in total. The average molecular weight is 734 g/mol. The van der Waals surface area contributed by atoms with Crippen LogP contribution in [0.4, 0.5) is 4.79 Å². The van der Waals surface area contributed by atoms with Crippen molar-refractivity contribution in [2.24, 2.45) is 47.3 Å². The molecule has 0 aromatic heterocycles. The van der Waals surface area contributed by atoms with Gasteiger partial charge in [-0.25, -0.2) is 24.3 Å². The van der Waals surface area contributed by atoms with Crippen molar-refractivity contribution in [2.75, 3.05) is 0 Å². The van der Waals surface area contributed by atoms with Crippen LogP contribution in [-0.2, 0) is 43.2 Å². The summed E-state index contributed by atoms with van der Waals surface area (Å²) >= 11 is 0. The molecule has 2 saturated carbocycles. The van der Waals surface area contributed by atoms with E-state index >= 15 is 0 Å². The van der Waals surface area contributed by atoms with Gasteiger partial charge in [0.1, 0.15) is 12.2 Å². The summed E-state index contributed by atoms with van der Waals surface area (Å²) < 4.78 is 34.6. The molecule has 0 radical (unpaired) electrons. The van der Waals surface area contributed by atoms with Crippen molar-refractivity contribution in [3.63, 3.8) is 0 Å². The molecule has 1 unspecified atom stereocenters. The van der Waals surface area contributed by atoms with E-state index in [1.54, 1.807) is 0 Å². The number of ether oxygens (including phenoxy) is 5.